The Balaban J connectivity index is 1.19. The van der Waals surface area contributed by atoms with E-state index in [1.165, 1.54) is 24.2 Å². The van der Waals surface area contributed by atoms with E-state index < -0.39 is 29.5 Å². The maximum Gasteiger partial charge on any atom is 0.414 e. The number of urea groups is 1. The van der Waals surface area contributed by atoms with Crippen LogP contribution in [0.2, 0.25) is 0 Å². The average Bonchev–Trinajstić information content (AvgIpc) is 3.29. The Labute approximate surface area is 210 Å². The number of alkyl halides is 1. The van der Waals surface area contributed by atoms with Gasteiger partial charge in [-0.15, -0.1) is 0 Å². The number of nitrogens with zero attached hydrogens (tertiary/aromatic N) is 6. The number of piperidine rings is 4. The number of amides is 3. The predicted octanol–water partition coefficient (Wildman–Crippen LogP) is 2.34. The van der Waals surface area contributed by atoms with Crippen molar-refractivity contribution in [1.29, 1.82) is 0 Å². The second kappa shape index (κ2) is 10.5. The molecule has 4 aliphatic heterocycles. The SMILES string of the molecule is CN(C(=O)Nc1ncc(F)s1)[C@H]1CN(c2nccc(OC(=O)N[C@H]3CN4CCC3CC4)n2)CC[C@H]1F. The number of carbonyl (C=O) groups excluding carboxylic acids is 2. The molecule has 0 aromatic carbocycles. The number of anilines is 2. The molecule has 3 atom stereocenters. The largest absolute Gasteiger partial charge is 0.414 e. The molecule has 2 aromatic heterocycles. The number of nitrogens with one attached hydrogen (secondary N) is 2. The molecule has 194 valence electrons. The summed E-state index contributed by atoms with van der Waals surface area (Å²) in [5, 5.41) is 5.00. The number of rotatable bonds is 5. The van der Waals surface area contributed by atoms with E-state index in [2.05, 4.69) is 30.5 Å². The first-order valence-electron chi connectivity index (χ1n) is 11.9. The van der Waals surface area contributed by atoms with E-state index in [1.807, 2.05) is 0 Å². The van der Waals surface area contributed by atoms with Crippen molar-refractivity contribution in [2.75, 3.05) is 50.0 Å². The summed E-state index contributed by atoms with van der Waals surface area (Å²) in [5.41, 5.74) is 0. The summed E-state index contributed by atoms with van der Waals surface area (Å²) in [6.07, 6.45) is 2.95. The van der Waals surface area contributed by atoms with E-state index in [4.69, 9.17) is 4.74 Å². The maximum atomic E-state index is 14.8. The van der Waals surface area contributed by atoms with Crippen LogP contribution in [0.3, 0.4) is 0 Å². The van der Waals surface area contributed by atoms with Gasteiger partial charge in [-0.05, 0) is 38.3 Å². The lowest BCUT2D eigenvalue weighted by Crippen LogP contribution is -2.57. The fraction of sp³-hybridized carbons (Fsp3) is 0.591. The van der Waals surface area contributed by atoms with Gasteiger partial charge in [0.05, 0.1) is 12.2 Å². The Morgan fingerprint density at radius 1 is 1.19 bits per heavy atom. The molecule has 2 N–H and O–H groups in total. The van der Waals surface area contributed by atoms with E-state index in [1.54, 1.807) is 4.90 Å². The molecule has 11 nitrogen and oxygen atoms in total. The fourth-order valence-electron chi connectivity index (χ4n) is 5.04. The number of carbonyl (C=O) groups is 2. The molecule has 0 aliphatic carbocycles. The zero-order valence-electron chi connectivity index (χ0n) is 19.8. The van der Waals surface area contributed by atoms with Gasteiger partial charge in [-0.1, -0.05) is 11.3 Å². The van der Waals surface area contributed by atoms with Gasteiger partial charge in [0, 0.05) is 45.0 Å². The van der Waals surface area contributed by atoms with Gasteiger partial charge < -0.3 is 24.8 Å². The van der Waals surface area contributed by atoms with Crippen LogP contribution in [0.5, 0.6) is 5.88 Å². The molecule has 4 fully saturated rings. The zero-order chi connectivity index (χ0) is 25.2. The number of likely N-dealkylation sites (N-methyl/N-ethyl adjacent to an activating group) is 1. The molecule has 36 heavy (non-hydrogen) atoms. The minimum absolute atomic E-state index is 0.0631. The molecule has 0 spiro atoms. The minimum atomic E-state index is -1.27. The van der Waals surface area contributed by atoms with Crippen LogP contribution in [0.25, 0.3) is 0 Å². The van der Waals surface area contributed by atoms with E-state index in [9.17, 15) is 18.4 Å². The zero-order valence-corrected chi connectivity index (χ0v) is 20.6. The van der Waals surface area contributed by atoms with Crippen molar-refractivity contribution in [3.05, 3.63) is 23.6 Å². The molecule has 6 rings (SSSR count). The molecular formula is C22H28F2N8O3S. The third-order valence-electron chi connectivity index (χ3n) is 7.07. The Kier molecular flexibility index (Phi) is 7.14. The third kappa shape index (κ3) is 5.48. The molecule has 2 aromatic rings. The summed E-state index contributed by atoms with van der Waals surface area (Å²) in [7, 11) is 1.47. The highest BCUT2D eigenvalue weighted by Crippen LogP contribution is 2.28. The Hall–Kier alpha value is -3.13. The normalized spacial score (nSPS) is 27.4. The molecule has 4 aliphatic rings. The summed E-state index contributed by atoms with van der Waals surface area (Å²) < 4.78 is 33.4. The van der Waals surface area contributed by atoms with Gasteiger partial charge in [0.2, 0.25) is 11.8 Å². The first-order valence-corrected chi connectivity index (χ1v) is 12.8. The molecule has 0 unspecified atom stereocenters. The van der Waals surface area contributed by atoms with Gasteiger partial charge in [-0.25, -0.2) is 23.9 Å². The van der Waals surface area contributed by atoms with Crippen LogP contribution in [0.15, 0.2) is 18.5 Å². The number of hydrogen-bond donors (Lipinski definition) is 2. The van der Waals surface area contributed by atoms with Gasteiger partial charge in [0.25, 0.3) is 0 Å². The van der Waals surface area contributed by atoms with Crippen LogP contribution in [0.4, 0.5) is 29.4 Å². The highest BCUT2D eigenvalue weighted by atomic mass is 32.1. The first-order chi connectivity index (χ1) is 17.4. The number of halogens is 2. The number of fused-ring (bicyclic) bond motifs is 3. The van der Waals surface area contributed by atoms with Crippen LogP contribution >= 0.6 is 11.3 Å². The molecule has 0 saturated carbocycles. The van der Waals surface area contributed by atoms with Crippen LogP contribution in [0.1, 0.15) is 19.3 Å². The van der Waals surface area contributed by atoms with Gasteiger partial charge in [0.15, 0.2) is 10.3 Å². The van der Waals surface area contributed by atoms with Gasteiger partial charge in [-0.2, -0.15) is 9.37 Å². The summed E-state index contributed by atoms with van der Waals surface area (Å²) in [5.74, 6) is 0.830. The highest BCUT2D eigenvalue weighted by molar-refractivity contribution is 7.14. The van der Waals surface area contributed by atoms with Gasteiger partial charge in [0.1, 0.15) is 6.17 Å². The quantitative estimate of drug-likeness (QED) is 0.615. The molecule has 4 saturated heterocycles. The van der Waals surface area contributed by atoms with Crippen LogP contribution in [-0.4, -0.2) is 94.9 Å². The van der Waals surface area contributed by atoms with Crippen molar-refractivity contribution in [2.24, 2.45) is 5.92 Å². The summed E-state index contributed by atoms with van der Waals surface area (Å²) in [4.78, 5) is 42.7. The molecule has 14 heteroatoms. The number of hydrogen-bond acceptors (Lipinski definition) is 9. The third-order valence-corrected chi connectivity index (χ3v) is 7.77. The van der Waals surface area contributed by atoms with E-state index in [-0.39, 0.29) is 36.0 Å². The van der Waals surface area contributed by atoms with E-state index >= 15 is 0 Å². The van der Waals surface area contributed by atoms with E-state index in [0.717, 1.165) is 38.7 Å². The molecule has 0 radical (unpaired) electrons. The minimum Gasteiger partial charge on any atom is -0.391 e. The number of aromatic nitrogens is 3. The summed E-state index contributed by atoms with van der Waals surface area (Å²) in [6.45, 7) is 3.44. The standard InChI is InChI=1S/C22H28F2N8O3S/c1-30(21(33)29-20-26-10-17(24)36-20)16-12-32(9-5-14(16)23)19-25-6-2-18(28-19)35-22(34)27-15-11-31-7-3-13(15)4-8-31/h2,6,10,13-16H,3-5,7-9,11-12H2,1H3,(H,27,34)(H,26,29,33)/t14-,15+,16+/m1/s1. The maximum absolute atomic E-state index is 14.8. The average molecular weight is 523 g/mol. The topological polar surface area (TPSA) is 116 Å². The monoisotopic (exact) mass is 522 g/mol. The Morgan fingerprint density at radius 2 is 2.00 bits per heavy atom. The van der Waals surface area contributed by atoms with Crippen LogP contribution in [-0.2, 0) is 0 Å². The van der Waals surface area contributed by atoms with Crippen molar-refractivity contribution < 1.29 is 23.1 Å². The predicted molar refractivity (Wildman–Crippen MR) is 129 cm³/mol. The van der Waals surface area contributed by atoms with Crippen molar-refractivity contribution >= 4 is 34.5 Å². The Morgan fingerprint density at radius 3 is 2.69 bits per heavy atom. The Bertz CT molecular complexity index is 1100. The molecule has 2 bridgehead atoms. The second-order valence-corrected chi connectivity index (χ2v) is 10.3. The van der Waals surface area contributed by atoms with Gasteiger partial charge >= 0.3 is 12.1 Å². The van der Waals surface area contributed by atoms with Crippen molar-refractivity contribution in [1.82, 2.24) is 30.1 Å². The number of thiazole rings is 1. The number of ether oxygens (including phenoxy) is 1. The lowest BCUT2D eigenvalue weighted by molar-refractivity contribution is 0.0723. The van der Waals surface area contributed by atoms with Crippen molar-refractivity contribution in [3.8, 4) is 5.88 Å². The highest BCUT2D eigenvalue weighted by Gasteiger charge is 2.37. The van der Waals surface area contributed by atoms with Crippen molar-refractivity contribution in [3.63, 3.8) is 0 Å². The lowest BCUT2D eigenvalue weighted by atomic mass is 9.84. The summed E-state index contributed by atoms with van der Waals surface area (Å²) in [6, 6.07) is 0.164. The molecule has 6 heterocycles. The van der Waals surface area contributed by atoms with E-state index in [0.29, 0.717) is 23.8 Å². The lowest BCUT2D eigenvalue weighted by Gasteiger charge is -2.44. The fourth-order valence-corrected chi connectivity index (χ4v) is 5.57. The van der Waals surface area contributed by atoms with Crippen LogP contribution in [0, 0.1) is 11.0 Å². The second-order valence-electron chi connectivity index (χ2n) is 9.30. The smallest absolute Gasteiger partial charge is 0.391 e. The molecular weight excluding hydrogens is 494 g/mol. The van der Waals surface area contributed by atoms with Crippen LogP contribution < -0.4 is 20.3 Å². The van der Waals surface area contributed by atoms with Gasteiger partial charge in [-0.3, -0.25) is 5.32 Å². The summed E-state index contributed by atoms with van der Waals surface area (Å²) >= 11 is 0.689. The first kappa shape index (κ1) is 24.6. The molecule has 3 amide bonds. The van der Waals surface area contributed by atoms with Crippen molar-refractivity contribution in [2.45, 2.75) is 37.5 Å².